The summed E-state index contributed by atoms with van der Waals surface area (Å²) in [5.41, 5.74) is 0. The van der Waals surface area contributed by atoms with Gasteiger partial charge in [0, 0.05) is 13.5 Å². The van der Waals surface area contributed by atoms with E-state index in [-0.39, 0.29) is 5.91 Å². The zero-order chi connectivity index (χ0) is 12.6. The summed E-state index contributed by atoms with van der Waals surface area (Å²) >= 11 is 0. The SMILES string of the molecule is CCCCC(=O)NC(CC(=O)O)C(=O)NC. The van der Waals surface area contributed by atoms with Gasteiger partial charge in [-0.3, -0.25) is 14.4 Å². The number of amides is 2. The number of hydrogen-bond acceptors (Lipinski definition) is 3. The number of nitrogens with one attached hydrogen (secondary N) is 2. The summed E-state index contributed by atoms with van der Waals surface area (Å²) in [7, 11) is 1.40. The van der Waals surface area contributed by atoms with Gasteiger partial charge in [-0.05, 0) is 6.42 Å². The fraction of sp³-hybridized carbons (Fsp3) is 0.700. The Kier molecular flexibility index (Phi) is 6.91. The second-order valence-corrected chi connectivity index (χ2v) is 3.44. The average Bonchev–Trinajstić information content (AvgIpc) is 2.23. The number of unbranched alkanes of at least 4 members (excludes halogenated alkanes) is 1. The van der Waals surface area contributed by atoms with Crippen LogP contribution < -0.4 is 10.6 Å². The lowest BCUT2D eigenvalue weighted by molar-refractivity contribution is -0.140. The van der Waals surface area contributed by atoms with Crippen molar-refractivity contribution < 1.29 is 19.5 Å². The van der Waals surface area contributed by atoms with Crippen LogP contribution in [-0.4, -0.2) is 36.0 Å². The minimum absolute atomic E-state index is 0.295. The molecular formula is C10H18N2O4. The third kappa shape index (κ3) is 6.00. The van der Waals surface area contributed by atoms with Crippen LogP contribution >= 0.6 is 0 Å². The van der Waals surface area contributed by atoms with Crippen molar-refractivity contribution in [1.29, 1.82) is 0 Å². The molecule has 1 atom stereocenters. The van der Waals surface area contributed by atoms with Gasteiger partial charge in [0.05, 0.1) is 6.42 Å². The lowest BCUT2D eigenvalue weighted by Crippen LogP contribution is -2.46. The van der Waals surface area contributed by atoms with Gasteiger partial charge in [0.15, 0.2) is 0 Å². The Balaban J connectivity index is 4.25. The van der Waals surface area contributed by atoms with Crippen LogP contribution in [-0.2, 0) is 14.4 Å². The van der Waals surface area contributed by atoms with Gasteiger partial charge in [0.25, 0.3) is 0 Å². The summed E-state index contributed by atoms with van der Waals surface area (Å²) in [5.74, 6) is -1.91. The number of hydrogen-bond donors (Lipinski definition) is 3. The van der Waals surface area contributed by atoms with Crippen molar-refractivity contribution in [2.45, 2.75) is 38.6 Å². The highest BCUT2D eigenvalue weighted by Crippen LogP contribution is 1.97. The summed E-state index contributed by atoms with van der Waals surface area (Å²) in [6.45, 7) is 1.95. The highest BCUT2D eigenvalue weighted by Gasteiger charge is 2.22. The highest BCUT2D eigenvalue weighted by atomic mass is 16.4. The van der Waals surface area contributed by atoms with Crippen molar-refractivity contribution in [3.8, 4) is 0 Å². The second kappa shape index (κ2) is 7.67. The summed E-state index contributed by atoms with van der Waals surface area (Å²) < 4.78 is 0. The van der Waals surface area contributed by atoms with Gasteiger partial charge in [0.1, 0.15) is 6.04 Å². The Morgan fingerprint density at radius 1 is 1.31 bits per heavy atom. The molecule has 0 aliphatic heterocycles. The molecule has 0 aromatic rings. The summed E-state index contributed by atoms with van der Waals surface area (Å²) in [4.78, 5) is 33.1. The quantitative estimate of drug-likeness (QED) is 0.568. The van der Waals surface area contributed by atoms with E-state index in [1.165, 1.54) is 7.05 Å². The van der Waals surface area contributed by atoms with Gasteiger partial charge < -0.3 is 15.7 Å². The largest absolute Gasteiger partial charge is 0.481 e. The summed E-state index contributed by atoms with van der Waals surface area (Å²) in [5, 5.41) is 13.3. The number of rotatable bonds is 7. The number of carboxylic acids is 1. The maximum Gasteiger partial charge on any atom is 0.305 e. The van der Waals surface area contributed by atoms with E-state index in [2.05, 4.69) is 10.6 Å². The van der Waals surface area contributed by atoms with E-state index < -0.39 is 24.3 Å². The first-order valence-corrected chi connectivity index (χ1v) is 5.24. The van der Waals surface area contributed by atoms with E-state index >= 15 is 0 Å². The Bertz CT molecular complexity index is 266. The molecule has 16 heavy (non-hydrogen) atoms. The summed E-state index contributed by atoms with van der Waals surface area (Å²) in [6, 6.07) is -0.994. The molecule has 0 rings (SSSR count). The van der Waals surface area contributed by atoms with Gasteiger partial charge >= 0.3 is 5.97 Å². The smallest absolute Gasteiger partial charge is 0.305 e. The molecule has 92 valence electrons. The molecule has 0 fully saturated rings. The van der Waals surface area contributed by atoms with Crippen LogP contribution in [0.4, 0.5) is 0 Å². The van der Waals surface area contributed by atoms with Gasteiger partial charge in [-0.15, -0.1) is 0 Å². The zero-order valence-electron chi connectivity index (χ0n) is 9.58. The molecule has 0 aliphatic rings. The molecule has 0 heterocycles. The van der Waals surface area contributed by atoms with Crippen LogP contribution in [0, 0.1) is 0 Å². The van der Waals surface area contributed by atoms with E-state index in [1.807, 2.05) is 6.92 Å². The van der Waals surface area contributed by atoms with Crippen molar-refractivity contribution >= 4 is 17.8 Å². The number of likely N-dealkylation sites (N-methyl/N-ethyl adjacent to an activating group) is 1. The molecule has 6 nitrogen and oxygen atoms in total. The molecule has 1 unspecified atom stereocenters. The van der Waals surface area contributed by atoms with Crippen molar-refractivity contribution in [1.82, 2.24) is 10.6 Å². The molecule has 0 bridgehead atoms. The van der Waals surface area contributed by atoms with Gasteiger partial charge in [-0.25, -0.2) is 0 Å². The highest BCUT2D eigenvalue weighted by molar-refractivity contribution is 5.90. The number of carbonyl (C=O) groups is 3. The molecule has 2 amide bonds. The molecule has 0 spiro atoms. The lowest BCUT2D eigenvalue weighted by Gasteiger charge is -2.15. The maximum atomic E-state index is 11.3. The van der Waals surface area contributed by atoms with E-state index in [9.17, 15) is 14.4 Å². The van der Waals surface area contributed by atoms with E-state index in [0.717, 1.165) is 12.8 Å². The number of carbonyl (C=O) groups excluding carboxylic acids is 2. The fourth-order valence-electron chi connectivity index (χ4n) is 1.16. The maximum absolute atomic E-state index is 11.3. The second-order valence-electron chi connectivity index (χ2n) is 3.44. The van der Waals surface area contributed by atoms with E-state index in [0.29, 0.717) is 6.42 Å². The van der Waals surface area contributed by atoms with Crippen LogP contribution in [0.1, 0.15) is 32.6 Å². The number of carboxylic acid groups (broad SMARTS) is 1. The van der Waals surface area contributed by atoms with Crippen LogP contribution in [0.25, 0.3) is 0 Å². The Hall–Kier alpha value is -1.59. The van der Waals surface area contributed by atoms with Crippen molar-refractivity contribution in [3.63, 3.8) is 0 Å². The fourth-order valence-corrected chi connectivity index (χ4v) is 1.16. The Morgan fingerprint density at radius 3 is 2.38 bits per heavy atom. The molecule has 0 aromatic carbocycles. The van der Waals surface area contributed by atoms with Crippen LogP contribution in [0.5, 0.6) is 0 Å². The molecule has 0 aliphatic carbocycles. The minimum Gasteiger partial charge on any atom is -0.481 e. The predicted octanol–water partition coefficient (Wildman–Crippen LogP) is -0.118. The van der Waals surface area contributed by atoms with Crippen LogP contribution in [0.15, 0.2) is 0 Å². The molecule has 6 heteroatoms. The van der Waals surface area contributed by atoms with Crippen molar-refractivity contribution in [2.75, 3.05) is 7.05 Å². The Morgan fingerprint density at radius 2 is 1.94 bits per heavy atom. The number of aliphatic carboxylic acids is 1. The average molecular weight is 230 g/mol. The zero-order valence-corrected chi connectivity index (χ0v) is 9.58. The molecule has 0 aromatic heterocycles. The molecule has 0 radical (unpaired) electrons. The van der Waals surface area contributed by atoms with Crippen molar-refractivity contribution in [3.05, 3.63) is 0 Å². The third-order valence-corrected chi connectivity index (χ3v) is 2.03. The first-order valence-electron chi connectivity index (χ1n) is 5.24. The standard InChI is InChI=1S/C10H18N2O4/c1-3-4-5-8(13)12-7(6-9(14)15)10(16)11-2/h7H,3-6H2,1-2H3,(H,11,16)(H,12,13)(H,14,15). The molecule has 3 N–H and O–H groups in total. The normalized spacial score (nSPS) is 11.6. The van der Waals surface area contributed by atoms with Crippen molar-refractivity contribution in [2.24, 2.45) is 0 Å². The van der Waals surface area contributed by atoms with Gasteiger partial charge in [0.2, 0.25) is 11.8 Å². The van der Waals surface area contributed by atoms with Gasteiger partial charge in [-0.1, -0.05) is 13.3 Å². The van der Waals surface area contributed by atoms with E-state index in [1.54, 1.807) is 0 Å². The Labute approximate surface area is 94.4 Å². The monoisotopic (exact) mass is 230 g/mol. The first-order chi connectivity index (χ1) is 7.51. The third-order valence-electron chi connectivity index (χ3n) is 2.03. The van der Waals surface area contributed by atoms with Crippen LogP contribution in [0.3, 0.4) is 0 Å². The molecule has 0 saturated heterocycles. The topological polar surface area (TPSA) is 95.5 Å². The first kappa shape index (κ1) is 14.4. The lowest BCUT2D eigenvalue weighted by atomic mass is 10.1. The summed E-state index contributed by atoms with van der Waals surface area (Å²) in [6.07, 6.45) is 1.50. The van der Waals surface area contributed by atoms with Gasteiger partial charge in [-0.2, -0.15) is 0 Å². The molecular weight excluding hydrogens is 212 g/mol. The molecule has 0 saturated carbocycles. The van der Waals surface area contributed by atoms with Crippen LogP contribution in [0.2, 0.25) is 0 Å². The van der Waals surface area contributed by atoms with E-state index in [4.69, 9.17) is 5.11 Å². The minimum atomic E-state index is -1.12. The predicted molar refractivity (Wildman–Crippen MR) is 57.8 cm³/mol.